The first-order chi connectivity index (χ1) is 3.92. The molecule has 0 amide bonds. The minimum absolute atomic E-state index is 0.192. The summed E-state index contributed by atoms with van der Waals surface area (Å²) in [5.41, 5.74) is 0. The molecule has 0 aromatic carbocycles. The van der Waals surface area contributed by atoms with Crippen molar-refractivity contribution in [2.75, 3.05) is 0 Å². The fourth-order valence-corrected chi connectivity index (χ4v) is 0.853. The van der Waals surface area contributed by atoms with Crippen molar-refractivity contribution < 1.29 is 14.4 Å². The summed E-state index contributed by atoms with van der Waals surface area (Å²) in [6.45, 7) is 3.71. The third-order valence-electron chi connectivity index (χ3n) is 0.665. The van der Waals surface area contributed by atoms with Gasteiger partial charge in [-0.25, -0.2) is 0 Å². The Morgan fingerprint density at radius 1 is 1.44 bits per heavy atom. The van der Waals surface area contributed by atoms with Gasteiger partial charge in [0.1, 0.15) is 0 Å². The van der Waals surface area contributed by atoms with Gasteiger partial charge in [0.2, 0.25) is 0 Å². The molecule has 0 bridgehead atoms. The molecule has 54 valence electrons. The summed E-state index contributed by atoms with van der Waals surface area (Å²) in [5, 5.41) is 0. The molecule has 9 heavy (non-hydrogen) atoms. The van der Waals surface area contributed by atoms with Gasteiger partial charge in [0.15, 0.2) is 0 Å². The normalized spacial score (nSPS) is 13.4. The second-order valence-electron chi connectivity index (χ2n) is 2.17. The van der Waals surface area contributed by atoms with Gasteiger partial charge in [-0.1, -0.05) is 19.9 Å². The van der Waals surface area contributed by atoms with Crippen LogP contribution >= 0.6 is 7.60 Å². The van der Waals surface area contributed by atoms with Crippen LogP contribution in [0, 0.1) is 5.92 Å². The standard InChI is InChI=1S/C5H11O3P/c1-5(2)3-4-9(6,7)8/h3-5H,1-2H3,(H2,6,7,8). The van der Waals surface area contributed by atoms with E-state index in [9.17, 15) is 4.57 Å². The van der Waals surface area contributed by atoms with E-state index in [-0.39, 0.29) is 5.92 Å². The Morgan fingerprint density at radius 2 is 1.89 bits per heavy atom. The van der Waals surface area contributed by atoms with Crippen LogP contribution in [0.1, 0.15) is 13.8 Å². The molecule has 0 saturated heterocycles. The highest BCUT2D eigenvalue weighted by Gasteiger charge is 2.04. The van der Waals surface area contributed by atoms with E-state index in [1.165, 1.54) is 6.08 Å². The van der Waals surface area contributed by atoms with Gasteiger partial charge >= 0.3 is 7.60 Å². The van der Waals surface area contributed by atoms with Crippen LogP contribution < -0.4 is 0 Å². The molecule has 0 aromatic rings. The number of rotatable bonds is 2. The highest BCUT2D eigenvalue weighted by Crippen LogP contribution is 2.36. The van der Waals surface area contributed by atoms with Gasteiger partial charge in [-0.2, -0.15) is 0 Å². The minimum atomic E-state index is -3.90. The average Bonchev–Trinajstić information content (AvgIpc) is 1.59. The third kappa shape index (κ3) is 7.89. The number of hydrogen-bond donors (Lipinski definition) is 2. The van der Waals surface area contributed by atoms with E-state index in [2.05, 4.69) is 0 Å². The smallest absolute Gasteiger partial charge is 0.321 e. The molecule has 0 fully saturated rings. The first-order valence-corrected chi connectivity index (χ1v) is 4.34. The minimum Gasteiger partial charge on any atom is -0.321 e. The van der Waals surface area contributed by atoms with Crippen molar-refractivity contribution in [2.45, 2.75) is 13.8 Å². The van der Waals surface area contributed by atoms with Gasteiger partial charge in [0.05, 0.1) is 0 Å². The van der Waals surface area contributed by atoms with E-state index in [1.54, 1.807) is 0 Å². The maximum absolute atomic E-state index is 10.1. The number of allylic oxidation sites excluding steroid dienone is 1. The molecule has 0 spiro atoms. The molecule has 2 N–H and O–H groups in total. The summed E-state index contributed by atoms with van der Waals surface area (Å²) in [7, 11) is -3.90. The molecule has 0 aliphatic heterocycles. The summed E-state index contributed by atoms with van der Waals surface area (Å²) in [6.07, 6.45) is 1.49. The van der Waals surface area contributed by atoms with E-state index in [1.807, 2.05) is 13.8 Å². The van der Waals surface area contributed by atoms with Gasteiger partial charge in [0.25, 0.3) is 0 Å². The zero-order valence-electron chi connectivity index (χ0n) is 5.48. The fourth-order valence-electron chi connectivity index (χ4n) is 0.284. The molecule has 0 radical (unpaired) electrons. The Kier molecular flexibility index (Phi) is 3.12. The Bertz CT molecular complexity index is 144. The van der Waals surface area contributed by atoms with Crippen molar-refractivity contribution >= 4 is 7.60 Å². The Hall–Kier alpha value is -0.110. The monoisotopic (exact) mass is 150 g/mol. The molecular formula is C5H11O3P. The Balaban J connectivity index is 3.87. The predicted octanol–water partition coefficient (Wildman–Crippen LogP) is 1.33. The van der Waals surface area contributed by atoms with Gasteiger partial charge < -0.3 is 9.79 Å². The largest absolute Gasteiger partial charge is 0.348 e. The second-order valence-corrected chi connectivity index (χ2v) is 3.65. The van der Waals surface area contributed by atoms with Gasteiger partial charge in [-0.05, 0) is 5.92 Å². The summed E-state index contributed by atoms with van der Waals surface area (Å²) in [6, 6.07) is 0. The maximum atomic E-state index is 10.1. The van der Waals surface area contributed by atoms with Gasteiger partial charge in [-0.15, -0.1) is 0 Å². The SMILES string of the molecule is CC(C)C=CP(=O)(O)O. The molecule has 4 heteroatoms. The average molecular weight is 150 g/mol. The molecule has 0 aliphatic carbocycles. The molecule has 0 rings (SSSR count). The van der Waals surface area contributed by atoms with Crippen LogP contribution in [0.2, 0.25) is 0 Å². The lowest BCUT2D eigenvalue weighted by atomic mass is 10.2. The maximum Gasteiger partial charge on any atom is 0.348 e. The second kappa shape index (κ2) is 3.16. The van der Waals surface area contributed by atoms with Crippen LogP contribution in [0.3, 0.4) is 0 Å². The van der Waals surface area contributed by atoms with Crippen LogP contribution in [0.5, 0.6) is 0 Å². The van der Waals surface area contributed by atoms with Crippen molar-refractivity contribution in [1.29, 1.82) is 0 Å². The summed E-state index contributed by atoms with van der Waals surface area (Å²) in [4.78, 5) is 16.6. The first kappa shape index (κ1) is 8.89. The van der Waals surface area contributed by atoms with Crippen molar-refractivity contribution in [1.82, 2.24) is 0 Å². The molecule has 0 saturated carbocycles. The van der Waals surface area contributed by atoms with Gasteiger partial charge in [0, 0.05) is 5.82 Å². The van der Waals surface area contributed by atoms with E-state index in [0.29, 0.717) is 0 Å². The highest BCUT2D eigenvalue weighted by atomic mass is 31.2. The number of hydrogen-bond acceptors (Lipinski definition) is 1. The van der Waals surface area contributed by atoms with Crippen LogP contribution in [0.4, 0.5) is 0 Å². The third-order valence-corrected chi connectivity index (χ3v) is 1.23. The van der Waals surface area contributed by atoms with E-state index in [4.69, 9.17) is 9.79 Å². The predicted molar refractivity (Wildman–Crippen MR) is 36.0 cm³/mol. The van der Waals surface area contributed by atoms with Crippen LogP contribution in [0.25, 0.3) is 0 Å². The van der Waals surface area contributed by atoms with Gasteiger partial charge in [-0.3, -0.25) is 4.57 Å². The Morgan fingerprint density at radius 3 is 2.00 bits per heavy atom. The fraction of sp³-hybridized carbons (Fsp3) is 0.600. The van der Waals surface area contributed by atoms with E-state index in [0.717, 1.165) is 5.82 Å². The molecule has 0 unspecified atom stereocenters. The summed E-state index contributed by atoms with van der Waals surface area (Å²) in [5.74, 6) is 1.12. The van der Waals surface area contributed by atoms with Crippen molar-refractivity contribution in [3.63, 3.8) is 0 Å². The molecule has 0 aliphatic rings. The van der Waals surface area contributed by atoms with Crippen LogP contribution in [-0.2, 0) is 4.57 Å². The molecular weight excluding hydrogens is 139 g/mol. The van der Waals surface area contributed by atoms with Crippen LogP contribution in [0.15, 0.2) is 11.9 Å². The zero-order valence-corrected chi connectivity index (χ0v) is 6.38. The lowest BCUT2D eigenvalue weighted by Gasteiger charge is -1.95. The van der Waals surface area contributed by atoms with Crippen molar-refractivity contribution in [3.8, 4) is 0 Å². The highest BCUT2D eigenvalue weighted by molar-refractivity contribution is 7.55. The Labute approximate surface area is 54.6 Å². The zero-order chi connectivity index (χ0) is 7.49. The molecule has 0 atom stereocenters. The molecule has 0 heterocycles. The lowest BCUT2D eigenvalue weighted by molar-refractivity contribution is 0.386. The first-order valence-electron chi connectivity index (χ1n) is 2.66. The topological polar surface area (TPSA) is 57.5 Å². The van der Waals surface area contributed by atoms with Crippen molar-refractivity contribution in [2.24, 2.45) is 5.92 Å². The van der Waals surface area contributed by atoms with Crippen LogP contribution in [-0.4, -0.2) is 9.79 Å². The quantitative estimate of drug-likeness (QED) is 0.584. The molecule has 3 nitrogen and oxygen atoms in total. The van der Waals surface area contributed by atoms with E-state index < -0.39 is 7.60 Å². The molecule has 0 aromatic heterocycles. The lowest BCUT2D eigenvalue weighted by Crippen LogP contribution is -1.77. The van der Waals surface area contributed by atoms with E-state index >= 15 is 0 Å². The summed E-state index contributed by atoms with van der Waals surface area (Å²) < 4.78 is 10.1. The van der Waals surface area contributed by atoms with Crippen molar-refractivity contribution in [3.05, 3.63) is 11.9 Å². The summed E-state index contributed by atoms with van der Waals surface area (Å²) >= 11 is 0.